The first-order chi connectivity index (χ1) is 7.15. The van der Waals surface area contributed by atoms with Crippen molar-refractivity contribution in [2.24, 2.45) is 10.9 Å². The quantitative estimate of drug-likeness (QED) is 0.685. The zero-order valence-corrected chi connectivity index (χ0v) is 9.37. The molecule has 1 aromatic rings. The summed E-state index contributed by atoms with van der Waals surface area (Å²) in [7, 11) is 0. The maximum absolute atomic E-state index is 12.1. The first-order valence-electron chi connectivity index (χ1n) is 5.34. The minimum absolute atomic E-state index is 0.0145. The molecule has 2 rings (SSSR count). The van der Waals surface area contributed by atoms with Crippen LogP contribution < -0.4 is 0 Å². The number of nitrogens with zero attached hydrogens (tertiary/aromatic N) is 1. The SMILES string of the molecule is CCC1C(=O)c2cccc(C)c2N=C1C. The molecule has 1 atom stereocenters. The van der Waals surface area contributed by atoms with Gasteiger partial charge in [0.15, 0.2) is 5.78 Å². The fraction of sp³-hybridized carbons (Fsp3) is 0.385. The highest BCUT2D eigenvalue weighted by Crippen LogP contribution is 2.32. The number of para-hydroxylation sites is 1. The van der Waals surface area contributed by atoms with Gasteiger partial charge in [0.1, 0.15) is 0 Å². The summed E-state index contributed by atoms with van der Waals surface area (Å²) in [6, 6.07) is 5.80. The second kappa shape index (κ2) is 3.61. The predicted molar refractivity (Wildman–Crippen MR) is 62.1 cm³/mol. The Labute approximate surface area is 90.0 Å². The Balaban J connectivity index is 2.62. The topological polar surface area (TPSA) is 29.4 Å². The molecule has 0 aromatic heterocycles. The molecular formula is C13H15NO. The van der Waals surface area contributed by atoms with Crippen molar-refractivity contribution < 1.29 is 4.79 Å². The van der Waals surface area contributed by atoms with Crippen molar-refractivity contribution in [3.8, 4) is 0 Å². The lowest BCUT2D eigenvalue weighted by atomic mass is 9.87. The number of benzene rings is 1. The third kappa shape index (κ3) is 1.50. The molecule has 1 aliphatic rings. The zero-order valence-electron chi connectivity index (χ0n) is 9.37. The Kier molecular flexibility index (Phi) is 2.43. The van der Waals surface area contributed by atoms with E-state index in [1.165, 1.54) is 0 Å². The molecule has 1 aromatic carbocycles. The lowest BCUT2D eigenvalue weighted by Crippen LogP contribution is -2.25. The van der Waals surface area contributed by atoms with Gasteiger partial charge in [-0.15, -0.1) is 0 Å². The van der Waals surface area contributed by atoms with E-state index in [4.69, 9.17) is 0 Å². The molecule has 78 valence electrons. The van der Waals surface area contributed by atoms with Gasteiger partial charge in [-0.3, -0.25) is 9.79 Å². The minimum atomic E-state index is -0.0145. The molecule has 1 unspecified atom stereocenters. The molecule has 0 radical (unpaired) electrons. The molecule has 0 saturated carbocycles. The molecule has 0 bridgehead atoms. The van der Waals surface area contributed by atoms with Crippen LogP contribution in [0.25, 0.3) is 0 Å². The number of rotatable bonds is 1. The van der Waals surface area contributed by atoms with E-state index in [9.17, 15) is 4.79 Å². The second-order valence-corrected chi connectivity index (χ2v) is 4.05. The highest BCUT2D eigenvalue weighted by atomic mass is 16.1. The summed E-state index contributed by atoms with van der Waals surface area (Å²) in [6.45, 7) is 5.97. The van der Waals surface area contributed by atoms with E-state index >= 15 is 0 Å². The smallest absolute Gasteiger partial charge is 0.173 e. The molecule has 1 aliphatic heterocycles. The van der Waals surface area contributed by atoms with Gasteiger partial charge in [-0.2, -0.15) is 0 Å². The van der Waals surface area contributed by atoms with Crippen LogP contribution in [-0.4, -0.2) is 11.5 Å². The largest absolute Gasteiger partial charge is 0.293 e. The molecule has 0 amide bonds. The van der Waals surface area contributed by atoms with E-state index in [-0.39, 0.29) is 11.7 Å². The van der Waals surface area contributed by atoms with Crippen LogP contribution >= 0.6 is 0 Å². The summed E-state index contributed by atoms with van der Waals surface area (Å²) in [5, 5.41) is 0. The van der Waals surface area contributed by atoms with Gasteiger partial charge < -0.3 is 0 Å². The van der Waals surface area contributed by atoms with Gasteiger partial charge in [0.2, 0.25) is 0 Å². The second-order valence-electron chi connectivity index (χ2n) is 4.05. The molecule has 0 aliphatic carbocycles. The third-order valence-electron chi connectivity index (χ3n) is 3.02. The van der Waals surface area contributed by atoms with E-state index in [1.807, 2.05) is 39.0 Å². The van der Waals surface area contributed by atoms with Crippen LogP contribution in [0.4, 0.5) is 5.69 Å². The fourth-order valence-electron chi connectivity index (χ4n) is 2.12. The molecule has 2 nitrogen and oxygen atoms in total. The summed E-state index contributed by atoms with van der Waals surface area (Å²) in [5.41, 5.74) is 3.68. The van der Waals surface area contributed by atoms with Crippen LogP contribution in [0.3, 0.4) is 0 Å². The van der Waals surface area contributed by atoms with Gasteiger partial charge in [-0.1, -0.05) is 19.1 Å². The number of carbonyl (C=O) groups excluding carboxylic acids is 1. The first kappa shape index (κ1) is 10.1. The van der Waals surface area contributed by atoms with Crippen molar-refractivity contribution in [1.82, 2.24) is 0 Å². The van der Waals surface area contributed by atoms with Crippen LogP contribution in [0.1, 0.15) is 36.2 Å². The first-order valence-corrected chi connectivity index (χ1v) is 5.34. The van der Waals surface area contributed by atoms with Crippen molar-refractivity contribution in [1.29, 1.82) is 0 Å². The van der Waals surface area contributed by atoms with E-state index in [0.29, 0.717) is 0 Å². The summed E-state index contributed by atoms with van der Waals surface area (Å²) in [6.07, 6.45) is 0.835. The number of hydrogen-bond donors (Lipinski definition) is 0. The predicted octanol–water partition coefficient (Wildman–Crippen LogP) is 3.31. The Morgan fingerprint density at radius 1 is 1.33 bits per heavy atom. The molecule has 0 spiro atoms. The van der Waals surface area contributed by atoms with Crippen molar-refractivity contribution in [3.05, 3.63) is 29.3 Å². The fourth-order valence-corrected chi connectivity index (χ4v) is 2.12. The normalized spacial score (nSPS) is 19.8. The van der Waals surface area contributed by atoms with E-state index in [0.717, 1.165) is 28.9 Å². The maximum atomic E-state index is 12.1. The number of Topliss-reactive ketones (excluding diaryl/α,β-unsaturated/α-hetero) is 1. The summed E-state index contributed by atoms with van der Waals surface area (Å²) >= 11 is 0. The average Bonchev–Trinajstić information content (AvgIpc) is 2.20. The van der Waals surface area contributed by atoms with Crippen LogP contribution in [-0.2, 0) is 0 Å². The van der Waals surface area contributed by atoms with Gasteiger partial charge in [-0.25, -0.2) is 0 Å². The molecule has 0 N–H and O–H groups in total. The zero-order chi connectivity index (χ0) is 11.0. The third-order valence-corrected chi connectivity index (χ3v) is 3.02. The van der Waals surface area contributed by atoms with Crippen LogP contribution in [0.5, 0.6) is 0 Å². The lowest BCUT2D eigenvalue weighted by Gasteiger charge is -2.21. The van der Waals surface area contributed by atoms with E-state index < -0.39 is 0 Å². The van der Waals surface area contributed by atoms with Gasteiger partial charge >= 0.3 is 0 Å². The van der Waals surface area contributed by atoms with E-state index in [1.54, 1.807) is 0 Å². The number of hydrogen-bond acceptors (Lipinski definition) is 2. The van der Waals surface area contributed by atoms with Crippen LogP contribution in [0.2, 0.25) is 0 Å². The van der Waals surface area contributed by atoms with Crippen LogP contribution in [0, 0.1) is 12.8 Å². The molecule has 1 heterocycles. The van der Waals surface area contributed by atoms with E-state index in [2.05, 4.69) is 4.99 Å². The summed E-state index contributed by atoms with van der Waals surface area (Å²) < 4.78 is 0. The minimum Gasteiger partial charge on any atom is -0.293 e. The number of aryl methyl sites for hydroxylation is 1. The highest BCUT2D eigenvalue weighted by molar-refractivity contribution is 6.17. The number of ketones is 1. The van der Waals surface area contributed by atoms with Gasteiger partial charge in [0, 0.05) is 11.3 Å². The number of aliphatic imine (C=N–C) groups is 1. The monoisotopic (exact) mass is 201 g/mol. The Morgan fingerprint density at radius 2 is 2.07 bits per heavy atom. The molecule has 2 heteroatoms. The van der Waals surface area contributed by atoms with Gasteiger partial charge in [0.05, 0.1) is 11.6 Å². The number of fused-ring (bicyclic) bond motifs is 1. The Bertz CT molecular complexity index is 446. The van der Waals surface area contributed by atoms with Crippen molar-refractivity contribution in [3.63, 3.8) is 0 Å². The molecular weight excluding hydrogens is 186 g/mol. The maximum Gasteiger partial charge on any atom is 0.173 e. The molecule has 0 saturated heterocycles. The van der Waals surface area contributed by atoms with Crippen molar-refractivity contribution >= 4 is 17.2 Å². The van der Waals surface area contributed by atoms with Crippen molar-refractivity contribution in [2.45, 2.75) is 27.2 Å². The summed E-state index contributed by atoms with van der Waals surface area (Å²) in [5.74, 6) is 0.211. The lowest BCUT2D eigenvalue weighted by molar-refractivity contribution is 0.0950. The number of carbonyl (C=O) groups is 1. The Morgan fingerprint density at radius 3 is 2.73 bits per heavy atom. The standard InChI is InChI=1S/C13H15NO/c1-4-10-9(3)14-12-8(2)6-5-7-11(12)13(10)15/h5-7,10H,4H2,1-3H3. The van der Waals surface area contributed by atoms with Gasteiger partial charge in [-0.05, 0) is 31.9 Å². The summed E-state index contributed by atoms with van der Waals surface area (Å²) in [4.78, 5) is 16.7. The highest BCUT2D eigenvalue weighted by Gasteiger charge is 2.27. The van der Waals surface area contributed by atoms with Crippen LogP contribution in [0.15, 0.2) is 23.2 Å². The van der Waals surface area contributed by atoms with Crippen molar-refractivity contribution in [2.75, 3.05) is 0 Å². The van der Waals surface area contributed by atoms with Gasteiger partial charge in [0.25, 0.3) is 0 Å². The Hall–Kier alpha value is -1.44. The molecule has 0 fully saturated rings. The molecule has 15 heavy (non-hydrogen) atoms. The average molecular weight is 201 g/mol.